The van der Waals surface area contributed by atoms with E-state index >= 15 is 0 Å². The molecule has 0 fully saturated rings. The number of hydrogen-bond acceptors (Lipinski definition) is 6. The summed E-state index contributed by atoms with van der Waals surface area (Å²) in [7, 11) is 0. The van der Waals surface area contributed by atoms with Gasteiger partial charge < -0.3 is 4.90 Å². The summed E-state index contributed by atoms with van der Waals surface area (Å²) in [5, 5.41) is 11.6. The Morgan fingerprint density at radius 3 is 2.89 bits per heavy atom. The summed E-state index contributed by atoms with van der Waals surface area (Å²) < 4.78 is 1.70. The van der Waals surface area contributed by atoms with Crippen LogP contribution in [-0.4, -0.2) is 26.9 Å². The number of anilines is 1. The number of non-ortho nitro benzene ring substituents is 1. The van der Waals surface area contributed by atoms with Gasteiger partial charge in [0, 0.05) is 31.6 Å². The molecule has 4 heterocycles. The van der Waals surface area contributed by atoms with Crippen LogP contribution in [0.25, 0.3) is 10.2 Å². The van der Waals surface area contributed by atoms with E-state index in [1.165, 1.54) is 23.5 Å². The summed E-state index contributed by atoms with van der Waals surface area (Å²) in [4.78, 5) is 44.0. The van der Waals surface area contributed by atoms with Crippen LogP contribution in [0.5, 0.6) is 0 Å². The van der Waals surface area contributed by atoms with E-state index in [9.17, 15) is 19.7 Å². The van der Waals surface area contributed by atoms with Gasteiger partial charge in [-0.2, -0.15) is 0 Å². The Kier molecular flexibility index (Phi) is 3.63. The number of fused-ring (bicyclic) bond motifs is 3. The fraction of sp³-hybridized carbons (Fsp3) is 0.316. The highest BCUT2D eigenvalue weighted by atomic mass is 32.1. The van der Waals surface area contributed by atoms with E-state index in [-0.39, 0.29) is 17.2 Å². The molecule has 28 heavy (non-hydrogen) atoms. The van der Waals surface area contributed by atoms with Crippen LogP contribution in [0.3, 0.4) is 0 Å². The molecule has 0 atom stereocenters. The van der Waals surface area contributed by atoms with E-state index in [2.05, 4.69) is 4.98 Å². The summed E-state index contributed by atoms with van der Waals surface area (Å²) in [5.74, 6) is 0.546. The third kappa shape index (κ3) is 2.32. The molecule has 0 saturated carbocycles. The van der Waals surface area contributed by atoms with Crippen molar-refractivity contribution in [1.29, 1.82) is 0 Å². The minimum atomic E-state index is -0.460. The zero-order chi connectivity index (χ0) is 19.6. The number of hydrogen-bond donors (Lipinski definition) is 0. The van der Waals surface area contributed by atoms with Gasteiger partial charge in [0.1, 0.15) is 10.7 Å². The van der Waals surface area contributed by atoms with Gasteiger partial charge in [0.15, 0.2) is 0 Å². The number of nitro groups is 1. The molecule has 8 nitrogen and oxygen atoms in total. The molecule has 2 aliphatic rings. The topological polar surface area (TPSA) is 98.3 Å². The second-order valence-electron chi connectivity index (χ2n) is 7.10. The van der Waals surface area contributed by atoms with Crippen LogP contribution < -0.4 is 10.5 Å². The van der Waals surface area contributed by atoms with E-state index in [1.54, 1.807) is 22.5 Å². The van der Waals surface area contributed by atoms with Crippen LogP contribution in [0.2, 0.25) is 0 Å². The number of aryl methyl sites for hydroxylation is 2. The third-order valence-corrected chi connectivity index (χ3v) is 6.70. The molecule has 2 aliphatic heterocycles. The Morgan fingerprint density at radius 2 is 2.11 bits per heavy atom. The molecule has 0 spiro atoms. The molecule has 0 N–H and O–H groups in total. The molecule has 5 rings (SSSR count). The first kappa shape index (κ1) is 17.1. The molecular formula is C19H16N4O4S. The molecule has 0 unspecified atom stereocenters. The maximum Gasteiger partial charge on any atom is 0.271 e. The molecule has 0 bridgehead atoms. The van der Waals surface area contributed by atoms with Crippen LogP contribution in [0.15, 0.2) is 23.0 Å². The number of rotatable bonds is 2. The van der Waals surface area contributed by atoms with Gasteiger partial charge in [-0.05, 0) is 30.9 Å². The van der Waals surface area contributed by atoms with E-state index in [0.717, 1.165) is 24.2 Å². The Morgan fingerprint density at radius 1 is 1.29 bits per heavy atom. The number of aromatic nitrogens is 2. The summed E-state index contributed by atoms with van der Waals surface area (Å²) in [5.41, 5.74) is 2.01. The maximum absolute atomic E-state index is 13.3. The SMILES string of the molecule is Cc1c(C(=O)N2CCc3ccc([N+](=O)[O-])cc32)sc2nc3n(c(=O)c12)CCC3. The standard InChI is InChI=1S/C19H16N4O4S/c1-10-15-17(20-14-3-2-7-22(14)18(15)24)28-16(10)19(25)21-8-6-11-4-5-12(23(26)27)9-13(11)21/h4-5,9H,2-3,6-8H2,1H3. The smallest absolute Gasteiger partial charge is 0.271 e. The lowest BCUT2D eigenvalue weighted by molar-refractivity contribution is -0.384. The quantitative estimate of drug-likeness (QED) is 0.490. The molecule has 1 aromatic carbocycles. The van der Waals surface area contributed by atoms with Gasteiger partial charge in [-0.3, -0.25) is 24.3 Å². The van der Waals surface area contributed by atoms with Crippen LogP contribution in [-0.2, 0) is 19.4 Å². The second-order valence-corrected chi connectivity index (χ2v) is 8.10. The van der Waals surface area contributed by atoms with Crippen LogP contribution in [0, 0.1) is 17.0 Å². The molecule has 0 aliphatic carbocycles. The lowest BCUT2D eigenvalue weighted by atomic mass is 10.1. The number of carbonyl (C=O) groups is 1. The normalized spacial score (nSPS) is 15.1. The summed E-state index contributed by atoms with van der Waals surface area (Å²) in [6.07, 6.45) is 2.33. The van der Waals surface area contributed by atoms with Crippen molar-refractivity contribution < 1.29 is 9.72 Å². The van der Waals surface area contributed by atoms with E-state index < -0.39 is 4.92 Å². The minimum Gasteiger partial charge on any atom is -0.307 e. The fourth-order valence-electron chi connectivity index (χ4n) is 4.09. The Labute approximate surface area is 163 Å². The first-order valence-electron chi connectivity index (χ1n) is 9.07. The van der Waals surface area contributed by atoms with Crippen molar-refractivity contribution in [1.82, 2.24) is 9.55 Å². The van der Waals surface area contributed by atoms with Crippen LogP contribution in [0.4, 0.5) is 11.4 Å². The van der Waals surface area contributed by atoms with E-state index in [0.29, 0.717) is 45.9 Å². The molecule has 142 valence electrons. The highest BCUT2D eigenvalue weighted by Crippen LogP contribution is 2.36. The van der Waals surface area contributed by atoms with Gasteiger partial charge >= 0.3 is 0 Å². The van der Waals surface area contributed by atoms with E-state index in [4.69, 9.17) is 0 Å². The van der Waals surface area contributed by atoms with Crippen molar-refractivity contribution in [2.24, 2.45) is 0 Å². The molecule has 0 saturated heterocycles. The number of thiophene rings is 1. The molecule has 3 aromatic rings. The minimum absolute atomic E-state index is 0.0390. The Balaban J connectivity index is 1.61. The van der Waals surface area contributed by atoms with Gasteiger partial charge in [0.2, 0.25) is 0 Å². The van der Waals surface area contributed by atoms with Gasteiger partial charge in [-0.1, -0.05) is 6.07 Å². The lowest BCUT2D eigenvalue weighted by Crippen LogP contribution is -2.28. The monoisotopic (exact) mass is 396 g/mol. The van der Waals surface area contributed by atoms with Crippen molar-refractivity contribution in [2.75, 3.05) is 11.4 Å². The molecule has 0 radical (unpaired) electrons. The first-order valence-corrected chi connectivity index (χ1v) is 9.89. The fourth-order valence-corrected chi connectivity index (χ4v) is 5.23. The predicted molar refractivity (Wildman–Crippen MR) is 105 cm³/mol. The van der Waals surface area contributed by atoms with Gasteiger partial charge in [0.25, 0.3) is 17.2 Å². The molecule has 9 heteroatoms. The Bertz CT molecular complexity index is 1240. The van der Waals surface area contributed by atoms with Crippen molar-refractivity contribution in [3.8, 4) is 0 Å². The summed E-state index contributed by atoms with van der Waals surface area (Å²) >= 11 is 1.23. The van der Waals surface area contributed by atoms with Crippen molar-refractivity contribution in [3.63, 3.8) is 0 Å². The van der Waals surface area contributed by atoms with E-state index in [1.807, 2.05) is 0 Å². The maximum atomic E-state index is 13.3. The highest BCUT2D eigenvalue weighted by molar-refractivity contribution is 7.20. The van der Waals surface area contributed by atoms with Crippen molar-refractivity contribution in [2.45, 2.75) is 32.7 Å². The van der Waals surface area contributed by atoms with Gasteiger partial charge in [0.05, 0.1) is 20.9 Å². The summed E-state index contributed by atoms with van der Waals surface area (Å²) in [6.45, 7) is 2.91. The zero-order valence-electron chi connectivity index (χ0n) is 15.1. The Hall–Kier alpha value is -3.07. The summed E-state index contributed by atoms with van der Waals surface area (Å²) in [6, 6.07) is 4.62. The number of benzene rings is 1. The van der Waals surface area contributed by atoms with Gasteiger partial charge in [-0.15, -0.1) is 11.3 Å². The van der Waals surface area contributed by atoms with Crippen LogP contribution >= 0.6 is 11.3 Å². The van der Waals surface area contributed by atoms with Crippen LogP contribution in [0.1, 0.15) is 33.0 Å². The van der Waals surface area contributed by atoms with Crippen molar-refractivity contribution in [3.05, 3.63) is 60.5 Å². The molecular weight excluding hydrogens is 380 g/mol. The number of amides is 1. The van der Waals surface area contributed by atoms with Crippen molar-refractivity contribution >= 4 is 38.8 Å². The highest BCUT2D eigenvalue weighted by Gasteiger charge is 2.31. The second kappa shape index (κ2) is 5.96. The first-order chi connectivity index (χ1) is 13.5. The molecule has 1 amide bonds. The number of nitrogens with zero attached hydrogens (tertiary/aromatic N) is 4. The lowest BCUT2D eigenvalue weighted by Gasteiger charge is -2.16. The average Bonchev–Trinajstić information content (AvgIpc) is 3.38. The largest absolute Gasteiger partial charge is 0.307 e. The predicted octanol–water partition coefficient (Wildman–Crippen LogP) is 2.82. The zero-order valence-corrected chi connectivity index (χ0v) is 15.9. The molecule has 2 aromatic heterocycles. The number of nitro benzene ring substituents is 1. The average molecular weight is 396 g/mol. The number of carbonyl (C=O) groups excluding carboxylic acids is 1. The van der Waals surface area contributed by atoms with Gasteiger partial charge in [-0.25, -0.2) is 4.98 Å². The third-order valence-electron chi connectivity index (χ3n) is 5.53.